The Bertz CT molecular complexity index is 953. The van der Waals surface area contributed by atoms with Gasteiger partial charge in [-0.3, -0.25) is 14.5 Å². The molecule has 0 spiro atoms. The van der Waals surface area contributed by atoms with Crippen LogP contribution in [0, 0.1) is 17.7 Å². The third kappa shape index (κ3) is 5.43. The Balaban J connectivity index is 1.22. The second-order valence-electron chi connectivity index (χ2n) is 8.71. The van der Waals surface area contributed by atoms with Crippen molar-refractivity contribution in [2.45, 2.75) is 32.2 Å². The maximum atomic E-state index is 13.8. The number of hydrogen-bond acceptors (Lipinski definition) is 5. The molecule has 2 fully saturated rings. The van der Waals surface area contributed by atoms with Gasteiger partial charge in [0, 0.05) is 37.7 Å². The highest BCUT2D eigenvalue weighted by Crippen LogP contribution is 2.26. The molecule has 2 aliphatic heterocycles. The smallest absolute Gasteiger partial charge is 0.227 e. The lowest BCUT2D eigenvalue weighted by Crippen LogP contribution is -2.46. The number of rotatable bonds is 5. The first-order chi connectivity index (χ1) is 15.5. The third-order valence-corrected chi connectivity index (χ3v) is 6.50. The summed E-state index contributed by atoms with van der Waals surface area (Å²) in [6.45, 7) is 3.71. The molecule has 7 nitrogen and oxygen atoms in total. The predicted octanol–water partition coefficient (Wildman–Crippen LogP) is 2.89. The van der Waals surface area contributed by atoms with E-state index >= 15 is 0 Å². The van der Waals surface area contributed by atoms with Gasteiger partial charge in [0.15, 0.2) is 0 Å². The molecule has 0 unspecified atom stereocenters. The number of aromatic nitrogens is 1. The zero-order chi connectivity index (χ0) is 22.5. The average Bonchev–Trinajstić information content (AvgIpc) is 2.81. The Morgan fingerprint density at radius 3 is 2.41 bits per heavy atom. The summed E-state index contributed by atoms with van der Waals surface area (Å²) in [7, 11) is 0. The van der Waals surface area contributed by atoms with Crippen LogP contribution in [0.3, 0.4) is 0 Å². The van der Waals surface area contributed by atoms with Gasteiger partial charge in [-0.1, -0.05) is 12.1 Å². The van der Waals surface area contributed by atoms with Crippen molar-refractivity contribution in [3.63, 3.8) is 0 Å². The first-order valence-electron chi connectivity index (χ1n) is 11.3. The minimum absolute atomic E-state index is 0.0394. The van der Waals surface area contributed by atoms with Crippen LogP contribution in [0.4, 0.5) is 15.9 Å². The van der Waals surface area contributed by atoms with E-state index < -0.39 is 5.82 Å². The van der Waals surface area contributed by atoms with Crippen LogP contribution in [0.5, 0.6) is 0 Å². The number of amides is 2. The number of nitrogen functional groups attached to an aromatic ring is 1. The summed E-state index contributed by atoms with van der Waals surface area (Å²) in [5.74, 6) is -0.0466. The number of piperidine rings is 2. The Morgan fingerprint density at radius 1 is 1.03 bits per heavy atom. The standard InChI is InChI=1S/C24H30FN5O2/c25-20-3-1-2-4-21(20)28-23(31)18-8-13-30(14-9-18)24(32)19-6-11-29(12-7-19)16-17-5-10-27-22(26)15-17/h1-5,10,15,18-19H,6-9,11-14,16H2,(H2,26,27)(H,28,31). The third-order valence-electron chi connectivity index (χ3n) is 6.50. The highest BCUT2D eigenvalue weighted by molar-refractivity contribution is 5.92. The van der Waals surface area contributed by atoms with Gasteiger partial charge < -0.3 is 16.0 Å². The average molecular weight is 440 g/mol. The quantitative estimate of drug-likeness (QED) is 0.748. The number of hydrogen-bond donors (Lipinski definition) is 2. The number of anilines is 2. The fourth-order valence-corrected chi connectivity index (χ4v) is 4.61. The lowest BCUT2D eigenvalue weighted by Gasteiger charge is -2.37. The number of benzene rings is 1. The first kappa shape index (κ1) is 22.2. The second-order valence-corrected chi connectivity index (χ2v) is 8.71. The molecular formula is C24H30FN5O2. The van der Waals surface area contributed by atoms with Gasteiger partial charge in [0.1, 0.15) is 11.6 Å². The van der Waals surface area contributed by atoms with Crippen molar-refractivity contribution in [3.8, 4) is 0 Å². The summed E-state index contributed by atoms with van der Waals surface area (Å²) >= 11 is 0. The number of nitrogens with two attached hydrogens (primary N) is 1. The number of halogens is 1. The van der Waals surface area contributed by atoms with Gasteiger partial charge in [-0.2, -0.15) is 0 Å². The molecule has 2 aromatic rings. The van der Waals surface area contributed by atoms with Crippen LogP contribution >= 0.6 is 0 Å². The lowest BCUT2D eigenvalue weighted by molar-refractivity contribution is -0.139. The Labute approximate surface area is 187 Å². The minimum Gasteiger partial charge on any atom is -0.384 e. The number of para-hydroxylation sites is 1. The largest absolute Gasteiger partial charge is 0.384 e. The van der Waals surface area contributed by atoms with E-state index in [1.807, 2.05) is 17.0 Å². The van der Waals surface area contributed by atoms with E-state index in [1.54, 1.807) is 24.4 Å². The maximum Gasteiger partial charge on any atom is 0.227 e. The van der Waals surface area contributed by atoms with Crippen LogP contribution in [-0.4, -0.2) is 52.8 Å². The number of nitrogens with zero attached hydrogens (tertiary/aromatic N) is 3. The molecule has 3 heterocycles. The van der Waals surface area contributed by atoms with Gasteiger partial charge in [-0.25, -0.2) is 9.37 Å². The number of carbonyl (C=O) groups excluding carboxylic acids is 2. The van der Waals surface area contributed by atoms with Crippen LogP contribution < -0.4 is 11.1 Å². The van der Waals surface area contributed by atoms with E-state index in [2.05, 4.69) is 15.2 Å². The fraction of sp³-hybridized carbons (Fsp3) is 0.458. The summed E-state index contributed by atoms with van der Waals surface area (Å²) in [5, 5.41) is 2.68. The van der Waals surface area contributed by atoms with E-state index in [9.17, 15) is 14.0 Å². The van der Waals surface area contributed by atoms with Crippen molar-refractivity contribution in [2.75, 3.05) is 37.2 Å². The van der Waals surface area contributed by atoms with E-state index in [0.29, 0.717) is 31.7 Å². The highest BCUT2D eigenvalue weighted by atomic mass is 19.1. The van der Waals surface area contributed by atoms with Crippen molar-refractivity contribution in [1.29, 1.82) is 0 Å². The summed E-state index contributed by atoms with van der Waals surface area (Å²) in [5.41, 5.74) is 7.10. The molecule has 170 valence electrons. The van der Waals surface area contributed by atoms with Crippen molar-refractivity contribution < 1.29 is 14.0 Å². The molecule has 2 saturated heterocycles. The molecule has 32 heavy (non-hydrogen) atoms. The number of pyridine rings is 1. The maximum absolute atomic E-state index is 13.8. The molecule has 0 aliphatic carbocycles. The molecule has 4 rings (SSSR count). The Kier molecular flexibility index (Phi) is 6.99. The summed E-state index contributed by atoms with van der Waals surface area (Å²) in [4.78, 5) is 33.8. The molecule has 1 aromatic heterocycles. The minimum atomic E-state index is -0.438. The molecule has 1 aromatic carbocycles. The van der Waals surface area contributed by atoms with E-state index in [-0.39, 0.29) is 29.3 Å². The van der Waals surface area contributed by atoms with E-state index in [1.165, 1.54) is 6.07 Å². The highest BCUT2D eigenvalue weighted by Gasteiger charge is 2.32. The van der Waals surface area contributed by atoms with Gasteiger partial charge in [-0.05, 0) is 68.6 Å². The van der Waals surface area contributed by atoms with Crippen LogP contribution in [0.25, 0.3) is 0 Å². The number of carbonyl (C=O) groups is 2. The van der Waals surface area contributed by atoms with Crippen LogP contribution in [0.15, 0.2) is 42.6 Å². The normalized spacial score (nSPS) is 18.5. The molecule has 2 aliphatic rings. The molecule has 0 radical (unpaired) electrons. The van der Waals surface area contributed by atoms with Crippen LogP contribution in [0.2, 0.25) is 0 Å². The predicted molar refractivity (Wildman–Crippen MR) is 121 cm³/mol. The first-order valence-corrected chi connectivity index (χ1v) is 11.3. The molecule has 0 atom stereocenters. The van der Waals surface area contributed by atoms with E-state index in [4.69, 9.17) is 5.73 Å². The van der Waals surface area contributed by atoms with Gasteiger partial charge in [-0.15, -0.1) is 0 Å². The SMILES string of the molecule is Nc1cc(CN2CCC(C(=O)N3CCC(C(=O)Nc4ccccc4F)CC3)CC2)ccn1. The monoisotopic (exact) mass is 439 g/mol. The molecular weight excluding hydrogens is 409 g/mol. The zero-order valence-electron chi connectivity index (χ0n) is 18.2. The zero-order valence-corrected chi connectivity index (χ0v) is 18.2. The van der Waals surface area contributed by atoms with Crippen molar-refractivity contribution in [2.24, 2.45) is 11.8 Å². The van der Waals surface area contributed by atoms with Crippen molar-refractivity contribution >= 4 is 23.3 Å². The van der Waals surface area contributed by atoms with Crippen LogP contribution in [0.1, 0.15) is 31.2 Å². The molecule has 2 amide bonds. The summed E-state index contributed by atoms with van der Waals surface area (Å²) < 4.78 is 13.8. The van der Waals surface area contributed by atoms with Gasteiger partial charge in [0.25, 0.3) is 0 Å². The van der Waals surface area contributed by atoms with Gasteiger partial charge in [0.05, 0.1) is 5.69 Å². The molecule has 8 heteroatoms. The van der Waals surface area contributed by atoms with Gasteiger partial charge in [0.2, 0.25) is 11.8 Å². The lowest BCUT2D eigenvalue weighted by atomic mass is 9.91. The molecule has 3 N–H and O–H groups in total. The molecule has 0 saturated carbocycles. The van der Waals surface area contributed by atoms with Crippen molar-refractivity contribution in [3.05, 3.63) is 54.0 Å². The summed E-state index contributed by atoms with van der Waals surface area (Å²) in [6, 6.07) is 10.0. The van der Waals surface area contributed by atoms with Gasteiger partial charge >= 0.3 is 0 Å². The Morgan fingerprint density at radius 2 is 1.72 bits per heavy atom. The molecule has 0 bridgehead atoms. The topological polar surface area (TPSA) is 91.6 Å². The second kappa shape index (κ2) is 10.1. The fourth-order valence-electron chi connectivity index (χ4n) is 4.61. The number of likely N-dealkylation sites (tertiary alicyclic amines) is 2. The Hall–Kier alpha value is -3.00. The van der Waals surface area contributed by atoms with Crippen LogP contribution in [-0.2, 0) is 16.1 Å². The number of nitrogens with one attached hydrogen (secondary N) is 1. The van der Waals surface area contributed by atoms with Crippen molar-refractivity contribution in [1.82, 2.24) is 14.8 Å². The van der Waals surface area contributed by atoms with E-state index in [0.717, 1.165) is 38.0 Å². The summed E-state index contributed by atoms with van der Waals surface area (Å²) in [6.07, 6.45) is 4.62.